The zero-order chi connectivity index (χ0) is 12.6. The van der Waals surface area contributed by atoms with E-state index >= 15 is 0 Å². The Morgan fingerprint density at radius 2 is 2.35 bits per heavy atom. The Bertz CT molecular complexity index is 509. The number of aromatic nitrogens is 2. The number of hydrogen-bond acceptors (Lipinski definition) is 4. The van der Waals surface area contributed by atoms with E-state index < -0.39 is 0 Å². The van der Waals surface area contributed by atoms with Crippen LogP contribution in [0.1, 0.15) is 37.4 Å². The van der Waals surface area contributed by atoms with Crippen LogP contribution in [0.4, 0.5) is 0 Å². The average molecular weight is 232 g/mol. The van der Waals surface area contributed by atoms with Crippen LogP contribution in [0.15, 0.2) is 11.5 Å². The zero-order valence-electron chi connectivity index (χ0n) is 10.2. The molecular formula is C12H16N4O. The largest absolute Gasteiger partial charge is 0.420 e. The fourth-order valence-corrected chi connectivity index (χ4v) is 2.25. The number of fused-ring (bicyclic) bond motifs is 1. The highest BCUT2D eigenvalue weighted by Crippen LogP contribution is 2.43. The molecule has 5 nitrogen and oxygen atoms in total. The van der Waals surface area contributed by atoms with E-state index in [9.17, 15) is 5.26 Å². The van der Waals surface area contributed by atoms with Gasteiger partial charge in [-0.05, 0) is 12.8 Å². The number of nitrogens with zero attached hydrogens (tertiary/aromatic N) is 2. The van der Waals surface area contributed by atoms with Crippen LogP contribution in [-0.4, -0.2) is 10.2 Å². The first kappa shape index (κ1) is 11.5. The number of nitriles is 1. The van der Waals surface area contributed by atoms with Crippen molar-refractivity contribution in [3.63, 3.8) is 0 Å². The first-order chi connectivity index (χ1) is 8.10. The fourth-order valence-electron chi connectivity index (χ4n) is 2.25. The molecule has 90 valence electrons. The van der Waals surface area contributed by atoms with Gasteiger partial charge in [-0.15, -0.1) is 5.10 Å². The van der Waals surface area contributed by atoms with Crippen molar-refractivity contribution in [3.8, 4) is 11.9 Å². The molecule has 0 bridgehead atoms. The van der Waals surface area contributed by atoms with Crippen molar-refractivity contribution in [2.45, 2.75) is 33.1 Å². The van der Waals surface area contributed by atoms with E-state index in [1.807, 2.05) is 6.92 Å². The summed E-state index contributed by atoms with van der Waals surface area (Å²) in [6.07, 6.45) is 0.965. The Labute approximate surface area is 100 Å². The van der Waals surface area contributed by atoms with Crippen LogP contribution < -0.4 is 10.5 Å². The average Bonchev–Trinajstić information content (AvgIpc) is 2.68. The fraction of sp³-hybridized carbons (Fsp3) is 0.500. The van der Waals surface area contributed by atoms with Gasteiger partial charge in [0.1, 0.15) is 6.07 Å². The van der Waals surface area contributed by atoms with E-state index in [4.69, 9.17) is 10.5 Å². The van der Waals surface area contributed by atoms with Gasteiger partial charge in [0.05, 0.1) is 5.57 Å². The van der Waals surface area contributed by atoms with Crippen LogP contribution >= 0.6 is 0 Å². The molecule has 2 atom stereocenters. The third-order valence-electron chi connectivity index (χ3n) is 3.39. The Balaban J connectivity index is 2.58. The number of H-pyrrole nitrogens is 1. The van der Waals surface area contributed by atoms with Crippen LogP contribution in [0, 0.1) is 24.2 Å². The highest BCUT2D eigenvalue weighted by molar-refractivity contribution is 5.48. The summed E-state index contributed by atoms with van der Waals surface area (Å²) in [5.74, 6) is 0.982. The summed E-state index contributed by atoms with van der Waals surface area (Å²) in [6.45, 7) is 6.14. The van der Waals surface area contributed by atoms with Gasteiger partial charge in [-0.3, -0.25) is 5.10 Å². The van der Waals surface area contributed by atoms with Crippen molar-refractivity contribution in [1.82, 2.24) is 10.2 Å². The monoisotopic (exact) mass is 232 g/mol. The van der Waals surface area contributed by atoms with Crippen LogP contribution in [0.3, 0.4) is 0 Å². The lowest BCUT2D eigenvalue weighted by atomic mass is 9.79. The standard InChI is InChI=1S/C12H16N4O/c1-4-6(2)9-8(5-13)11(14)17-12-10(9)7(3)15-16-12/h6,9H,4,14H2,1-3H3,(H,15,16)/t6-,9-/m0/s1. The minimum absolute atomic E-state index is 0.0208. The molecule has 0 spiro atoms. The number of aryl methyl sites for hydroxylation is 1. The highest BCUT2D eigenvalue weighted by Gasteiger charge is 2.35. The summed E-state index contributed by atoms with van der Waals surface area (Å²) in [4.78, 5) is 0. The summed E-state index contributed by atoms with van der Waals surface area (Å²) in [5, 5.41) is 16.2. The molecule has 5 heteroatoms. The molecule has 0 fully saturated rings. The molecule has 1 aliphatic heterocycles. The molecule has 0 unspecified atom stereocenters. The smallest absolute Gasteiger partial charge is 0.243 e. The van der Waals surface area contributed by atoms with Crippen LogP contribution in [0.2, 0.25) is 0 Å². The predicted molar refractivity (Wildman–Crippen MR) is 63.0 cm³/mol. The van der Waals surface area contributed by atoms with Crippen molar-refractivity contribution >= 4 is 0 Å². The van der Waals surface area contributed by atoms with Gasteiger partial charge in [0.2, 0.25) is 11.8 Å². The van der Waals surface area contributed by atoms with Gasteiger partial charge < -0.3 is 10.5 Å². The second-order valence-electron chi connectivity index (χ2n) is 4.42. The van der Waals surface area contributed by atoms with Gasteiger partial charge in [-0.1, -0.05) is 20.3 Å². The topological polar surface area (TPSA) is 87.7 Å². The predicted octanol–water partition coefficient (Wildman–Crippen LogP) is 1.93. The lowest BCUT2D eigenvalue weighted by molar-refractivity contribution is 0.352. The van der Waals surface area contributed by atoms with Crippen LogP contribution in [0.25, 0.3) is 0 Å². The second kappa shape index (κ2) is 4.13. The quantitative estimate of drug-likeness (QED) is 0.815. The summed E-state index contributed by atoms with van der Waals surface area (Å²) in [6, 6.07) is 2.16. The van der Waals surface area contributed by atoms with Gasteiger partial charge in [0.15, 0.2) is 0 Å². The molecule has 0 saturated heterocycles. The summed E-state index contributed by atoms with van der Waals surface area (Å²) in [5.41, 5.74) is 8.19. The molecule has 1 aliphatic rings. The first-order valence-electron chi connectivity index (χ1n) is 5.72. The SMILES string of the molecule is CC[C@H](C)[C@H]1C(C#N)=C(N)Oc2n[nH]c(C)c21. The lowest BCUT2D eigenvalue weighted by Gasteiger charge is -2.27. The molecule has 1 aromatic rings. The Kier molecular flexibility index (Phi) is 2.80. The summed E-state index contributed by atoms with van der Waals surface area (Å²) < 4.78 is 5.37. The molecule has 3 N–H and O–H groups in total. The number of allylic oxidation sites excluding steroid dienone is 1. The highest BCUT2D eigenvalue weighted by atomic mass is 16.5. The third kappa shape index (κ3) is 1.66. The number of ether oxygens (including phenoxy) is 1. The van der Waals surface area contributed by atoms with Gasteiger partial charge in [0.25, 0.3) is 0 Å². The van der Waals surface area contributed by atoms with E-state index in [1.54, 1.807) is 0 Å². The van der Waals surface area contributed by atoms with E-state index in [0.717, 1.165) is 17.7 Å². The second-order valence-corrected chi connectivity index (χ2v) is 4.42. The normalized spacial score (nSPS) is 20.5. The first-order valence-corrected chi connectivity index (χ1v) is 5.72. The molecule has 0 aliphatic carbocycles. The van der Waals surface area contributed by atoms with Crippen molar-refractivity contribution in [2.24, 2.45) is 11.7 Å². The van der Waals surface area contributed by atoms with Crippen molar-refractivity contribution < 1.29 is 4.74 Å². The van der Waals surface area contributed by atoms with E-state index in [2.05, 4.69) is 30.1 Å². The molecule has 17 heavy (non-hydrogen) atoms. The molecular weight excluding hydrogens is 216 g/mol. The minimum Gasteiger partial charge on any atom is -0.420 e. The number of hydrogen-bond donors (Lipinski definition) is 2. The van der Waals surface area contributed by atoms with Gasteiger partial charge >= 0.3 is 0 Å². The van der Waals surface area contributed by atoms with Gasteiger partial charge in [-0.2, -0.15) is 5.26 Å². The third-order valence-corrected chi connectivity index (χ3v) is 3.39. The van der Waals surface area contributed by atoms with Crippen LogP contribution in [-0.2, 0) is 0 Å². The number of nitrogens with two attached hydrogens (primary N) is 1. The molecule has 0 radical (unpaired) electrons. The lowest BCUT2D eigenvalue weighted by Crippen LogP contribution is -2.23. The maximum atomic E-state index is 9.23. The van der Waals surface area contributed by atoms with Crippen LogP contribution in [0.5, 0.6) is 5.88 Å². The Morgan fingerprint density at radius 1 is 1.65 bits per heavy atom. The number of rotatable bonds is 2. The van der Waals surface area contributed by atoms with Crippen molar-refractivity contribution in [3.05, 3.63) is 22.7 Å². The van der Waals surface area contributed by atoms with E-state index in [-0.39, 0.29) is 11.8 Å². The molecule has 0 amide bonds. The van der Waals surface area contributed by atoms with E-state index in [0.29, 0.717) is 17.4 Å². The number of aromatic amines is 1. The van der Waals surface area contributed by atoms with Crippen molar-refractivity contribution in [1.29, 1.82) is 5.26 Å². The maximum absolute atomic E-state index is 9.23. The summed E-state index contributed by atoms with van der Waals surface area (Å²) in [7, 11) is 0. The van der Waals surface area contributed by atoms with E-state index in [1.165, 1.54) is 0 Å². The maximum Gasteiger partial charge on any atom is 0.243 e. The van der Waals surface area contributed by atoms with Gasteiger partial charge in [0, 0.05) is 17.2 Å². The molecule has 2 heterocycles. The molecule has 0 aromatic carbocycles. The Hall–Kier alpha value is -1.96. The van der Waals surface area contributed by atoms with Crippen molar-refractivity contribution in [2.75, 3.05) is 0 Å². The van der Waals surface area contributed by atoms with Gasteiger partial charge in [-0.25, -0.2) is 0 Å². The minimum atomic E-state index is -0.0208. The zero-order valence-corrected chi connectivity index (χ0v) is 10.2. The summed E-state index contributed by atoms with van der Waals surface area (Å²) >= 11 is 0. The number of nitrogens with one attached hydrogen (secondary N) is 1. The Morgan fingerprint density at radius 3 is 2.94 bits per heavy atom. The molecule has 2 rings (SSSR count). The molecule has 0 saturated carbocycles. The molecule has 1 aromatic heterocycles.